The maximum atomic E-state index is 10.8. The number of oxime groups is 1. The lowest BCUT2D eigenvalue weighted by atomic mass is 10.2. The van der Waals surface area contributed by atoms with Crippen LogP contribution in [0.25, 0.3) is 0 Å². The molecule has 17 heavy (non-hydrogen) atoms. The van der Waals surface area contributed by atoms with Gasteiger partial charge in [-0.1, -0.05) is 35.5 Å². The Bertz CT molecular complexity index is 429. The summed E-state index contributed by atoms with van der Waals surface area (Å²) in [6.07, 6.45) is 1.22. The van der Waals surface area contributed by atoms with Crippen LogP contribution in [0.4, 0.5) is 0 Å². The van der Waals surface area contributed by atoms with E-state index in [1.165, 1.54) is 6.21 Å². The van der Waals surface area contributed by atoms with Crippen LogP contribution in [0.5, 0.6) is 0 Å². The van der Waals surface area contributed by atoms with Gasteiger partial charge in [0, 0.05) is 5.92 Å². The summed E-state index contributed by atoms with van der Waals surface area (Å²) in [5.74, 6) is 4.09. The van der Waals surface area contributed by atoms with Crippen molar-refractivity contribution in [3.63, 3.8) is 0 Å². The molecule has 1 aromatic rings. The fourth-order valence-electron chi connectivity index (χ4n) is 1.01. The fourth-order valence-corrected chi connectivity index (χ4v) is 1.01. The summed E-state index contributed by atoms with van der Waals surface area (Å²) in [6, 6.07) is 9.63. The Kier molecular flexibility index (Phi) is 5.97. The van der Waals surface area contributed by atoms with E-state index in [1.54, 1.807) is 6.92 Å². The van der Waals surface area contributed by atoms with Crippen molar-refractivity contribution in [1.82, 2.24) is 0 Å². The lowest BCUT2D eigenvalue weighted by Gasteiger charge is -1.97. The van der Waals surface area contributed by atoms with Gasteiger partial charge in [-0.25, -0.2) is 4.79 Å². The van der Waals surface area contributed by atoms with Crippen molar-refractivity contribution in [1.29, 1.82) is 0 Å². The molecule has 0 unspecified atom stereocenters. The van der Waals surface area contributed by atoms with Crippen molar-refractivity contribution in [3.8, 4) is 11.8 Å². The zero-order valence-corrected chi connectivity index (χ0v) is 9.55. The molecular formula is C13H13NO3. The first-order valence-corrected chi connectivity index (χ1v) is 5.19. The quantitative estimate of drug-likeness (QED) is 0.261. The Morgan fingerprint density at radius 1 is 1.41 bits per heavy atom. The topological polar surface area (TPSA) is 47.9 Å². The highest BCUT2D eigenvalue weighted by molar-refractivity contribution is 5.94. The molecule has 0 saturated heterocycles. The predicted octanol–water partition coefficient (Wildman–Crippen LogP) is 1.76. The number of nitrogens with zero attached hydrogens (tertiary/aromatic N) is 1. The minimum Gasteiger partial charge on any atom is -0.456 e. The molecule has 4 nitrogen and oxygen atoms in total. The summed E-state index contributed by atoms with van der Waals surface area (Å²) in [7, 11) is 0. The monoisotopic (exact) mass is 231 g/mol. The SMILES string of the molecule is CCOC(=O)C#C/C=N/OCc1ccccc1. The molecule has 0 atom stereocenters. The van der Waals surface area contributed by atoms with E-state index >= 15 is 0 Å². The van der Waals surface area contributed by atoms with Crippen molar-refractivity contribution in [2.45, 2.75) is 13.5 Å². The number of ether oxygens (including phenoxy) is 1. The zero-order chi connectivity index (χ0) is 12.3. The third-order valence-corrected chi connectivity index (χ3v) is 1.72. The molecule has 1 rings (SSSR count). The van der Waals surface area contributed by atoms with Crippen molar-refractivity contribution >= 4 is 12.2 Å². The molecule has 0 amide bonds. The number of hydrogen-bond acceptors (Lipinski definition) is 4. The Hall–Kier alpha value is -2.28. The maximum absolute atomic E-state index is 10.8. The van der Waals surface area contributed by atoms with E-state index in [1.807, 2.05) is 30.3 Å². The molecule has 0 heterocycles. The van der Waals surface area contributed by atoms with E-state index in [2.05, 4.69) is 21.7 Å². The van der Waals surface area contributed by atoms with Crippen LogP contribution in [-0.4, -0.2) is 18.8 Å². The van der Waals surface area contributed by atoms with Gasteiger partial charge in [0.05, 0.1) is 6.61 Å². The lowest BCUT2D eigenvalue weighted by Crippen LogP contribution is -1.99. The third-order valence-electron chi connectivity index (χ3n) is 1.72. The highest BCUT2D eigenvalue weighted by Crippen LogP contribution is 1.99. The smallest absolute Gasteiger partial charge is 0.384 e. The Balaban J connectivity index is 2.25. The highest BCUT2D eigenvalue weighted by Gasteiger charge is 1.90. The Morgan fingerprint density at radius 2 is 2.18 bits per heavy atom. The van der Waals surface area contributed by atoms with E-state index in [9.17, 15) is 4.79 Å². The van der Waals surface area contributed by atoms with E-state index in [0.717, 1.165) is 5.56 Å². The minimum absolute atomic E-state index is 0.315. The molecular weight excluding hydrogens is 218 g/mol. The molecule has 0 radical (unpaired) electrons. The summed E-state index contributed by atoms with van der Waals surface area (Å²) in [4.78, 5) is 15.8. The molecule has 0 N–H and O–H groups in total. The highest BCUT2D eigenvalue weighted by atomic mass is 16.6. The first-order chi connectivity index (χ1) is 8.33. The Morgan fingerprint density at radius 3 is 2.88 bits per heavy atom. The number of carbonyl (C=O) groups is 1. The van der Waals surface area contributed by atoms with Gasteiger partial charge in [0.2, 0.25) is 0 Å². The van der Waals surface area contributed by atoms with Gasteiger partial charge in [-0.15, -0.1) is 0 Å². The number of benzene rings is 1. The van der Waals surface area contributed by atoms with Crippen molar-refractivity contribution < 1.29 is 14.4 Å². The second-order valence-electron chi connectivity index (χ2n) is 2.98. The van der Waals surface area contributed by atoms with Gasteiger partial charge >= 0.3 is 5.97 Å². The van der Waals surface area contributed by atoms with Gasteiger partial charge in [-0.05, 0) is 18.4 Å². The Labute approximate surface area is 100 Å². The molecule has 88 valence electrons. The van der Waals surface area contributed by atoms with Gasteiger partial charge in [0.1, 0.15) is 12.8 Å². The molecule has 0 fully saturated rings. The predicted molar refractivity (Wildman–Crippen MR) is 64.1 cm³/mol. The van der Waals surface area contributed by atoms with Gasteiger partial charge < -0.3 is 9.57 Å². The van der Waals surface area contributed by atoms with Crippen LogP contribution >= 0.6 is 0 Å². The summed E-state index contributed by atoms with van der Waals surface area (Å²) in [6.45, 7) is 2.41. The molecule has 0 aliphatic heterocycles. The first-order valence-electron chi connectivity index (χ1n) is 5.19. The van der Waals surface area contributed by atoms with Crippen molar-refractivity contribution in [2.24, 2.45) is 5.16 Å². The molecule has 0 aromatic heterocycles. The van der Waals surface area contributed by atoms with E-state index in [0.29, 0.717) is 13.2 Å². The lowest BCUT2D eigenvalue weighted by molar-refractivity contribution is -0.136. The fraction of sp³-hybridized carbons (Fsp3) is 0.231. The summed E-state index contributed by atoms with van der Waals surface area (Å²) in [5.41, 5.74) is 1.02. The van der Waals surface area contributed by atoms with Gasteiger partial charge in [0.25, 0.3) is 0 Å². The number of esters is 1. The summed E-state index contributed by atoms with van der Waals surface area (Å²) in [5, 5.41) is 3.59. The molecule has 0 spiro atoms. The second kappa shape index (κ2) is 7.94. The van der Waals surface area contributed by atoms with Crippen molar-refractivity contribution in [3.05, 3.63) is 35.9 Å². The van der Waals surface area contributed by atoms with Crippen LogP contribution in [0.1, 0.15) is 12.5 Å². The van der Waals surface area contributed by atoms with E-state index in [-0.39, 0.29) is 0 Å². The second-order valence-corrected chi connectivity index (χ2v) is 2.98. The molecule has 0 bridgehead atoms. The molecule has 0 aliphatic carbocycles. The molecule has 0 saturated carbocycles. The van der Waals surface area contributed by atoms with Gasteiger partial charge in [-0.3, -0.25) is 0 Å². The molecule has 0 aliphatic rings. The standard InChI is InChI=1S/C13H13NO3/c1-2-16-13(15)9-6-10-14-17-11-12-7-4-3-5-8-12/h3-5,7-8,10H,2,11H2,1H3/b14-10+. The van der Waals surface area contributed by atoms with Crippen LogP contribution < -0.4 is 0 Å². The van der Waals surface area contributed by atoms with Crippen LogP contribution in [0.15, 0.2) is 35.5 Å². The van der Waals surface area contributed by atoms with E-state index in [4.69, 9.17) is 4.84 Å². The molecule has 4 heteroatoms. The largest absolute Gasteiger partial charge is 0.456 e. The minimum atomic E-state index is -0.568. The summed E-state index contributed by atoms with van der Waals surface area (Å²) < 4.78 is 4.60. The normalized spacial score (nSPS) is 9.47. The van der Waals surface area contributed by atoms with Crippen LogP contribution in [0.2, 0.25) is 0 Å². The third kappa shape index (κ3) is 6.00. The summed E-state index contributed by atoms with van der Waals surface area (Å²) >= 11 is 0. The van der Waals surface area contributed by atoms with Crippen molar-refractivity contribution in [2.75, 3.05) is 6.61 Å². The van der Waals surface area contributed by atoms with Crippen LogP contribution in [0.3, 0.4) is 0 Å². The number of carbonyl (C=O) groups excluding carboxylic acids is 1. The zero-order valence-electron chi connectivity index (χ0n) is 9.55. The average Bonchev–Trinajstić information content (AvgIpc) is 2.35. The van der Waals surface area contributed by atoms with Crippen LogP contribution in [-0.2, 0) is 21.0 Å². The van der Waals surface area contributed by atoms with Gasteiger partial charge in [0.15, 0.2) is 0 Å². The first kappa shape index (κ1) is 12.8. The van der Waals surface area contributed by atoms with Gasteiger partial charge in [-0.2, -0.15) is 0 Å². The number of rotatable bonds is 4. The average molecular weight is 231 g/mol. The number of hydrogen-bond donors (Lipinski definition) is 0. The van der Waals surface area contributed by atoms with Crippen LogP contribution in [0, 0.1) is 11.8 Å². The molecule has 1 aromatic carbocycles. The maximum Gasteiger partial charge on any atom is 0.384 e. The van der Waals surface area contributed by atoms with E-state index < -0.39 is 5.97 Å².